The lowest BCUT2D eigenvalue weighted by atomic mass is 10.1. The van der Waals surface area contributed by atoms with Gasteiger partial charge in [-0.2, -0.15) is 8.78 Å². The van der Waals surface area contributed by atoms with Crippen molar-refractivity contribution in [3.05, 3.63) is 24.3 Å². The lowest BCUT2D eigenvalue weighted by Crippen LogP contribution is -2.38. The van der Waals surface area contributed by atoms with Crippen LogP contribution in [-0.4, -0.2) is 31.7 Å². The fourth-order valence-corrected chi connectivity index (χ4v) is 3.23. The van der Waals surface area contributed by atoms with Crippen molar-refractivity contribution in [2.75, 3.05) is 18.0 Å². The zero-order chi connectivity index (χ0) is 16.6. The van der Waals surface area contributed by atoms with Gasteiger partial charge >= 0.3 is 6.61 Å². The van der Waals surface area contributed by atoms with Gasteiger partial charge in [-0.3, -0.25) is 4.79 Å². The quantitative estimate of drug-likeness (QED) is 0.905. The van der Waals surface area contributed by atoms with E-state index in [1.807, 2.05) is 4.90 Å². The first-order chi connectivity index (χ1) is 10.9. The van der Waals surface area contributed by atoms with Crippen LogP contribution in [0.1, 0.15) is 26.7 Å². The molecule has 1 N–H and O–H groups in total. The summed E-state index contributed by atoms with van der Waals surface area (Å²) < 4.78 is 29.6. The van der Waals surface area contributed by atoms with E-state index in [9.17, 15) is 13.6 Å². The first kappa shape index (κ1) is 16.0. The average Bonchev–Trinajstić information content (AvgIpc) is 2.91. The zero-order valence-electron chi connectivity index (χ0n) is 13.4. The molecule has 1 aromatic rings. The van der Waals surface area contributed by atoms with E-state index in [1.165, 1.54) is 0 Å². The molecule has 3 rings (SSSR count). The van der Waals surface area contributed by atoms with E-state index in [-0.39, 0.29) is 29.0 Å². The van der Waals surface area contributed by atoms with Gasteiger partial charge in [0, 0.05) is 25.0 Å². The molecule has 1 aliphatic carbocycles. The number of carbonyl (C=O) groups excluding carboxylic acids is 1. The normalized spacial score (nSPS) is 25.5. The van der Waals surface area contributed by atoms with E-state index >= 15 is 0 Å². The Bertz CT molecular complexity index is 592. The van der Waals surface area contributed by atoms with Crippen molar-refractivity contribution in [2.24, 2.45) is 11.3 Å². The maximum Gasteiger partial charge on any atom is 0.387 e. The number of nitrogens with one attached hydrogen (secondary N) is 1. The highest BCUT2D eigenvalue weighted by Gasteiger charge is 2.51. The topological polar surface area (TPSA) is 41.6 Å². The predicted molar refractivity (Wildman–Crippen MR) is 83.7 cm³/mol. The molecule has 1 saturated heterocycles. The number of alkyl halides is 2. The second-order valence-corrected chi connectivity index (χ2v) is 7.03. The van der Waals surface area contributed by atoms with Crippen LogP contribution in [-0.2, 0) is 4.79 Å². The lowest BCUT2D eigenvalue weighted by molar-refractivity contribution is -0.123. The summed E-state index contributed by atoms with van der Waals surface area (Å²) >= 11 is 0. The third kappa shape index (κ3) is 3.57. The molecule has 1 aliphatic heterocycles. The summed E-state index contributed by atoms with van der Waals surface area (Å²) in [5.41, 5.74) is 0.761. The van der Waals surface area contributed by atoms with Gasteiger partial charge in [-0.1, -0.05) is 26.0 Å². The number of nitrogens with zero attached hydrogens (tertiary/aromatic N) is 1. The van der Waals surface area contributed by atoms with Gasteiger partial charge in [0.2, 0.25) is 5.91 Å². The zero-order valence-corrected chi connectivity index (χ0v) is 13.4. The second-order valence-electron chi connectivity index (χ2n) is 7.03. The first-order valence-corrected chi connectivity index (χ1v) is 7.96. The van der Waals surface area contributed by atoms with Crippen LogP contribution < -0.4 is 15.0 Å². The predicted octanol–water partition coefficient (Wildman–Crippen LogP) is 3.03. The molecule has 6 heteroatoms. The standard InChI is InChI=1S/C17H22F2N2O2/c1-17(2)9-12(17)15(22)20-11-7-8-21(10-11)13-5-3-4-6-14(13)23-16(18)19/h3-6,11-12,16H,7-10H2,1-2H3,(H,20,22)/t11-,12-/m1/s1. The van der Waals surface area contributed by atoms with Crippen molar-refractivity contribution in [1.29, 1.82) is 0 Å². The van der Waals surface area contributed by atoms with E-state index in [2.05, 4.69) is 23.9 Å². The van der Waals surface area contributed by atoms with Crippen LogP contribution in [0.25, 0.3) is 0 Å². The molecular weight excluding hydrogens is 302 g/mol. The minimum atomic E-state index is -2.84. The summed E-state index contributed by atoms with van der Waals surface area (Å²) in [5.74, 6) is 0.391. The van der Waals surface area contributed by atoms with Crippen molar-refractivity contribution in [1.82, 2.24) is 5.32 Å². The number of para-hydroxylation sites is 2. The molecular formula is C17H22F2N2O2. The Morgan fingerprint density at radius 2 is 2.09 bits per heavy atom. The second kappa shape index (κ2) is 5.98. The summed E-state index contributed by atoms with van der Waals surface area (Å²) in [5, 5.41) is 3.09. The van der Waals surface area contributed by atoms with E-state index in [0.29, 0.717) is 18.8 Å². The molecule has 1 heterocycles. The van der Waals surface area contributed by atoms with Crippen LogP contribution in [0.2, 0.25) is 0 Å². The minimum Gasteiger partial charge on any atom is -0.433 e. The highest BCUT2D eigenvalue weighted by atomic mass is 19.3. The SMILES string of the molecule is CC1(C)C[C@@H]1C(=O)N[C@@H]1CCN(c2ccccc2OC(F)F)C1. The molecule has 2 aliphatic rings. The van der Waals surface area contributed by atoms with Gasteiger partial charge in [0.05, 0.1) is 5.69 Å². The van der Waals surface area contributed by atoms with E-state index < -0.39 is 6.61 Å². The smallest absolute Gasteiger partial charge is 0.387 e. The molecule has 0 aromatic heterocycles. The third-order valence-corrected chi connectivity index (χ3v) is 4.79. The number of carbonyl (C=O) groups is 1. The number of ether oxygens (including phenoxy) is 1. The summed E-state index contributed by atoms with van der Waals surface area (Å²) in [7, 11) is 0. The maximum atomic E-state index is 12.5. The highest BCUT2D eigenvalue weighted by molar-refractivity contribution is 5.82. The maximum absolute atomic E-state index is 12.5. The Morgan fingerprint density at radius 1 is 1.39 bits per heavy atom. The summed E-state index contributed by atoms with van der Waals surface area (Å²) in [4.78, 5) is 14.2. The monoisotopic (exact) mass is 324 g/mol. The number of hydrogen-bond donors (Lipinski definition) is 1. The summed E-state index contributed by atoms with van der Waals surface area (Å²) in [6, 6.07) is 6.84. The molecule has 0 radical (unpaired) electrons. The number of anilines is 1. The Balaban J connectivity index is 1.61. The molecule has 2 atom stereocenters. The van der Waals surface area contributed by atoms with E-state index in [0.717, 1.165) is 12.8 Å². The number of hydrogen-bond acceptors (Lipinski definition) is 3. The molecule has 1 aromatic carbocycles. The van der Waals surface area contributed by atoms with Gasteiger partial charge in [0.15, 0.2) is 0 Å². The van der Waals surface area contributed by atoms with Gasteiger partial charge in [0.25, 0.3) is 0 Å². The lowest BCUT2D eigenvalue weighted by Gasteiger charge is -2.22. The molecule has 126 valence electrons. The van der Waals surface area contributed by atoms with Gasteiger partial charge in [-0.15, -0.1) is 0 Å². The van der Waals surface area contributed by atoms with Crippen LogP contribution in [0.3, 0.4) is 0 Å². The molecule has 1 amide bonds. The van der Waals surface area contributed by atoms with Crippen LogP contribution in [0.5, 0.6) is 5.75 Å². The first-order valence-electron chi connectivity index (χ1n) is 7.96. The molecule has 4 nitrogen and oxygen atoms in total. The Hall–Kier alpha value is -1.85. The Kier molecular flexibility index (Phi) is 4.17. The summed E-state index contributed by atoms with van der Waals surface area (Å²) in [6.45, 7) is 2.67. The van der Waals surface area contributed by atoms with Crippen molar-refractivity contribution < 1.29 is 18.3 Å². The summed E-state index contributed by atoms with van der Waals surface area (Å²) in [6.07, 6.45) is 1.74. The highest BCUT2D eigenvalue weighted by Crippen LogP contribution is 2.51. The van der Waals surface area contributed by atoms with Crippen molar-refractivity contribution >= 4 is 11.6 Å². The number of benzene rings is 1. The van der Waals surface area contributed by atoms with E-state index in [4.69, 9.17) is 0 Å². The Labute approximate surface area is 134 Å². The van der Waals surface area contributed by atoms with Crippen molar-refractivity contribution in [3.63, 3.8) is 0 Å². The number of amides is 1. The van der Waals surface area contributed by atoms with Crippen LogP contribution in [0, 0.1) is 11.3 Å². The van der Waals surface area contributed by atoms with Crippen LogP contribution in [0.4, 0.5) is 14.5 Å². The van der Waals surface area contributed by atoms with Gasteiger partial charge < -0.3 is 15.0 Å². The van der Waals surface area contributed by atoms with Gasteiger partial charge in [-0.25, -0.2) is 0 Å². The number of halogens is 2. The fraction of sp³-hybridized carbons (Fsp3) is 0.588. The molecule has 0 bridgehead atoms. The average molecular weight is 324 g/mol. The van der Waals surface area contributed by atoms with Gasteiger partial charge in [0.1, 0.15) is 5.75 Å². The molecule has 23 heavy (non-hydrogen) atoms. The largest absolute Gasteiger partial charge is 0.433 e. The van der Waals surface area contributed by atoms with E-state index in [1.54, 1.807) is 24.3 Å². The van der Waals surface area contributed by atoms with Crippen LogP contribution >= 0.6 is 0 Å². The molecule has 2 fully saturated rings. The van der Waals surface area contributed by atoms with Gasteiger partial charge in [-0.05, 0) is 30.4 Å². The molecule has 1 saturated carbocycles. The number of rotatable bonds is 5. The molecule has 0 spiro atoms. The van der Waals surface area contributed by atoms with Crippen molar-refractivity contribution in [2.45, 2.75) is 39.3 Å². The van der Waals surface area contributed by atoms with Crippen molar-refractivity contribution in [3.8, 4) is 5.75 Å². The third-order valence-electron chi connectivity index (χ3n) is 4.79. The molecule has 0 unspecified atom stereocenters. The Morgan fingerprint density at radius 3 is 2.74 bits per heavy atom. The fourth-order valence-electron chi connectivity index (χ4n) is 3.23. The van der Waals surface area contributed by atoms with Crippen LogP contribution in [0.15, 0.2) is 24.3 Å². The minimum absolute atomic E-state index is 0.0542.